The summed E-state index contributed by atoms with van der Waals surface area (Å²) in [5, 5.41) is 4.48. The van der Waals surface area contributed by atoms with Gasteiger partial charge in [-0.15, -0.1) is 0 Å². The van der Waals surface area contributed by atoms with Crippen molar-refractivity contribution in [2.75, 3.05) is 0 Å². The van der Waals surface area contributed by atoms with Gasteiger partial charge in [0.25, 0.3) is 0 Å². The van der Waals surface area contributed by atoms with Crippen molar-refractivity contribution in [2.45, 2.75) is 6.92 Å². The van der Waals surface area contributed by atoms with E-state index >= 15 is 0 Å². The van der Waals surface area contributed by atoms with E-state index in [0.29, 0.717) is 0 Å². The maximum absolute atomic E-state index is 5.76. The molecule has 0 atom stereocenters. The lowest BCUT2D eigenvalue weighted by atomic mass is 10.1. The molecule has 0 radical (unpaired) electrons. The topological polar surface area (TPSA) is 26.3 Å². The second-order valence-corrected chi connectivity index (χ2v) is 4.34. The van der Waals surface area contributed by atoms with Gasteiger partial charge in [-0.25, -0.2) is 0 Å². The standard InChI is InChI=1S/C15H10O2/c1-9-8-11-3-5-12-13(15(11)17-9)4-2-10-6-7-16-14(10)12/h2-8H,1H3. The molecule has 0 aliphatic carbocycles. The summed E-state index contributed by atoms with van der Waals surface area (Å²) in [4.78, 5) is 0. The average Bonchev–Trinajstić information content (AvgIpc) is 2.92. The molecular weight excluding hydrogens is 212 g/mol. The van der Waals surface area contributed by atoms with Crippen molar-refractivity contribution >= 4 is 32.7 Å². The molecule has 2 nitrogen and oxygen atoms in total. The van der Waals surface area contributed by atoms with Gasteiger partial charge in [0.15, 0.2) is 0 Å². The van der Waals surface area contributed by atoms with Crippen LogP contribution >= 0.6 is 0 Å². The molecule has 2 aromatic heterocycles. The summed E-state index contributed by atoms with van der Waals surface area (Å²) >= 11 is 0. The average molecular weight is 222 g/mol. The summed E-state index contributed by atoms with van der Waals surface area (Å²) < 4.78 is 11.3. The fraction of sp³-hybridized carbons (Fsp3) is 0.0667. The van der Waals surface area contributed by atoms with Crippen molar-refractivity contribution in [2.24, 2.45) is 0 Å². The van der Waals surface area contributed by atoms with Crippen molar-refractivity contribution in [3.63, 3.8) is 0 Å². The van der Waals surface area contributed by atoms with Crippen LogP contribution < -0.4 is 0 Å². The highest BCUT2D eigenvalue weighted by atomic mass is 16.3. The fourth-order valence-corrected chi connectivity index (χ4v) is 2.46. The number of hydrogen-bond acceptors (Lipinski definition) is 2. The van der Waals surface area contributed by atoms with Crippen LogP contribution in [0.2, 0.25) is 0 Å². The van der Waals surface area contributed by atoms with Crippen LogP contribution in [-0.2, 0) is 0 Å². The van der Waals surface area contributed by atoms with Crippen molar-refractivity contribution < 1.29 is 8.83 Å². The number of fused-ring (bicyclic) bond motifs is 5. The Morgan fingerprint density at radius 2 is 1.59 bits per heavy atom. The van der Waals surface area contributed by atoms with Crippen molar-refractivity contribution in [3.05, 3.63) is 48.4 Å². The lowest BCUT2D eigenvalue weighted by Crippen LogP contribution is -1.74. The van der Waals surface area contributed by atoms with E-state index in [0.717, 1.165) is 38.5 Å². The Labute approximate surface area is 97.4 Å². The molecule has 0 saturated heterocycles. The molecule has 17 heavy (non-hydrogen) atoms. The van der Waals surface area contributed by atoms with E-state index in [2.05, 4.69) is 30.3 Å². The van der Waals surface area contributed by atoms with E-state index in [1.165, 1.54) is 0 Å². The minimum atomic E-state index is 0.929. The zero-order valence-corrected chi connectivity index (χ0v) is 9.36. The molecule has 4 aromatic rings. The largest absolute Gasteiger partial charge is 0.464 e. The monoisotopic (exact) mass is 222 g/mol. The molecule has 0 fully saturated rings. The molecule has 0 unspecified atom stereocenters. The number of aryl methyl sites for hydroxylation is 1. The Kier molecular flexibility index (Phi) is 1.52. The zero-order valence-electron chi connectivity index (χ0n) is 9.36. The molecule has 82 valence electrons. The molecule has 0 amide bonds. The van der Waals surface area contributed by atoms with Gasteiger partial charge in [-0.2, -0.15) is 0 Å². The third kappa shape index (κ3) is 1.10. The van der Waals surface area contributed by atoms with Crippen LogP contribution in [0.25, 0.3) is 32.7 Å². The number of furan rings is 2. The smallest absolute Gasteiger partial charge is 0.142 e. The van der Waals surface area contributed by atoms with E-state index in [-0.39, 0.29) is 0 Å². The number of hydrogen-bond donors (Lipinski definition) is 0. The van der Waals surface area contributed by atoms with Crippen LogP contribution in [0.1, 0.15) is 5.76 Å². The number of rotatable bonds is 0. The number of benzene rings is 2. The summed E-state index contributed by atoms with van der Waals surface area (Å²) in [7, 11) is 0. The lowest BCUT2D eigenvalue weighted by molar-refractivity contribution is 0.581. The molecule has 0 saturated carbocycles. The summed E-state index contributed by atoms with van der Waals surface area (Å²) in [5.41, 5.74) is 1.87. The van der Waals surface area contributed by atoms with E-state index < -0.39 is 0 Å². The molecule has 2 heterocycles. The SMILES string of the molecule is Cc1cc2ccc3c(ccc4ccoc43)c2o1. The molecular formula is C15H10O2. The Morgan fingerprint density at radius 1 is 0.824 bits per heavy atom. The second-order valence-electron chi connectivity index (χ2n) is 4.34. The lowest BCUT2D eigenvalue weighted by Gasteiger charge is -1.99. The first-order valence-corrected chi connectivity index (χ1v) is 5.62. The molecule has 0 N–H and O–H groups in total. The third-order valence-electron chi connectivity index (χ3n) is 3.22. The van der Waals surface area contributed by atoms with Crippen LogP contribution in [0.5, 0.6) is 0 Å². The highest BCUT2D eigenvalue weighted by molar-refractivity contribution is 6.13. The van der Waals surface area contributed by atoms with Gasteiger partial charge in [0.1, 0.15) is 16.9 Å². The predicted molar refractivity (Wildman–Crippen MR) is 68.2 cm³/mol. The Bertz CT molecular complexity index is 849. The van der Waals surface area contributed by atoms with Gasteiger partial charge in [-0.1, -0.05) is 12.1 Å². The van der Waals surface area contributed by atoms with E-state index in [4.69, 9.17) is 8.83 Å². The van der Waals surface area contributed by atoms with Crippen molar-refractivity contribution in [3.8, 4) is 0 Å². The summed E-state index contributed by atoms with van der Waals surface area (Å²) in [6, 6.07) is 12.4. The first-order chi connectivity index (χ1) is 8.33. The Morgan fingerprint density at radius 3 is 2.47 bits per heavy atom. The minimum absolute atomic E-state index is 0.929. The van der Waals surface area contributed by atoms with E-state index in [1.807, 2.05) is 13.0 Å². The van der Waals surface area contributed by atoms with Crippen molar-refractivity contribution in [1.29, 1.82) is 0 Å². The third-order valence-corrected chi connectivity index (χ3v) is 3.22. The fourth-order valence-electron chi connectivity index (χ4n) is 2.46. The van der Waals surface area contributed by atoms with Crippen LogP contribution in [0.4, 0.5) is 0 Å². The molecule has 0 bridgehead atoms. The Balaban J connectivity index is 2.33. The molecule has 2 aromatic carbocycles. The highest BCUT2D eigenvalue weighted by Crippen LogP contribution is 2.32. The summed E-state index contributed by atoms with van der Waals surface area (Å²) in [6.07, 6.45) is 1.72. The quantitative estimate of drug-likeness (QED) is 0.433. The summed E-state index contributed by atoms with van der Waals surface area (Å²) in [5.74, 6) is 0.937. The van der Waals surface area contributed by atoms with Crippen LogP contribution in [0, 0.1) is 6.92 Å². The van der Waals surface area contributed by atoms with Crippen LogP contribution in [-0.4, -0.2) is 0 Å². The zero-order chi connectivity index (χ0) is 11.4. The van der Waals surface area contributed by atoms with Gasteiger partial charge in [0, 0.05) is 21.5 Å². The van der Waals surface area contributed by atoms with Crippen LogP contribution in [0.15, 0.2) is 51.5 Å². The maximum Gasteiger partial charge on any atom is 0.142 e. The van der Waals surface area contributed by atoms with Gasteiger partial charge >= 0.3 is 0 Å². The van der Waals surface area contributed by atoms with E-state index in [1.54, 1.807) is 6.26 Å². The first-order valence-electron chi connectivity index (χ1n) is 5.62. The van der Waals surface area contributed by atoms with Crippen LogP contribution in [0.3, 0.4) is 0 Å². The molecule has 0 aliphatic heterocycles. The molecule has 2 heteroatoms. The van der Waals surface area contributed by atoms with Gasteiger partial charge < -0.3 is 8.83 Å². The second kappa shape index (κ2) is 2.92. The van der Waals surface area contributed by atoms with Gasteiger partial charge in [-0.05, 0) is 31.2 Å². The molecule has 0 aliphatic rings. The molecule has 4 rings (SSSR count). The van der Waals surface area contributed by atoms with E-state index in [9.17, 15) is 0 Å². The first kappa shape index (κ1) is 8.88. The van der Waals surface area contributed by atoms with Gasteiger partial charge in [0.2, 0.25) is 0 Å². The predicted octanol–water partition coefficient (Wildman–Crippen LogP) is 4.64. The highest BCUT2D eigenvalue weighted by Gasteiger charge is 2.09. The Hall–Kier alpha value is -2.22. The van der Waals surface area contributed by atoms with Gasteiger partial charge in [0.05, 0.1) is 6.26 Å². The van der Waals surface area contributed by atoms with Gasteiger partial charge in [-0.3, -0.25) is 0 Å². The maximum atomic E-state index is 5.76. The minimum Gasteiger partial charge on any atom is -0.464 e. The normalized spacial score (nSPS) is 11.8. The summed E-state index contributed by atoms with van der Waals surface area (Å²) in [6.45, 7) is 1.97. The molecule has 0 spiro atoms. The van der Waals surface area contributed by atoms with Crippen molar-refractivity contribution in [1.82, 2.24) is 0 Å².